The van der Waals surface area contributed by atoms with Gasteiger partial charge in [-0.2, -0.15) is 5.10 Å². The summed E-state index contributed by atoms with van der Waals surface area (Å²) in [7, 11) is 8.34. The largest absolute Gasteiger partial charge is 0.321 e. The molecule has 0 spiro atoms. The number of hydrogen-bond donors (Lipinski definition) is 0. The number of nitrogens with zero attached hydrogens (tertiary/aromatic N) is 6. The molecule has 0 aliphatic carbocycles. The zero-order valence-corrected chi connectivity index (χ0v) is 15.7. The van der Waals surface area contributed by atoms with E-state index in [1.807, 2.05) is 29.5 Å². The summed E-state index contributed by atoms with van der Waals surface area (Å²) in [4.78, 5) is 9.23. The Balaban J connectivity index is 1.70. The summed E-state index contributed by atoms with van der Waals surface area (Å²) in [5, 5.41) is 5.05. The van der Waals surface area contributed by atoms with Crippen LogP contribution in [-0.2, 0) is 20.6 Å². The van der Waals surface area contributed by atoms with E-state index < -0.39 is 0 Å². The van der Waals surface area contributed by atoms with Gasteiger partial charge in [-0.15, -0.1) is 0 Å². The molecular formula is C17H27ClN6. The fraction of sp³-hybridized carbons (Fsp3) is 0.647. The second kappa shape index (κ2) is 7.25. The Labute approximate surface area is 149 Å². The minimum absolute atomic E-state index is 0.430. The molecule has 6 nitrogen and oxygen atoms in total. The summed E-state index contributed by atoms with van der Waals surface area (Å²) in [5.41, 5.74) is 1.32. The quantitative estimate of drug-likeness (QED) is 0.830. The summed E-state index contributed by atoms with van der Waals surface area (Å²) in [5.74, 6) is 1.60. The monoisotopic (exact) mass is 350 g/mol. The molecule has 0 radical (unpaired) electrons. The van der Waals surface area contributed by atoms with Crippen LogP contribution >= 0.6 is 11.6 Å². The zero-order chi connectivity index (χ0) is 17.3. The molecule has 0 bridgehead atoms. The van der Waals surface area contributed by atoms with Crippen LogP contribution in [-0.4, -0.2) is 56.3 Å². The molecule has 3 rings (SSSR count). The van der Waals surface area contributed by atoms with Crippen molar-refractivity contribution in [3.8, 4) is 0 Å². The third kappa shape index (κ3) is 3.66. The van der Waals surface area contributed by atoms with Gasteiger partial charge in [0.25, 0.3) is 0 Å². The maximum atomic E-state index is 6.10. The van der Waals surface area contributed by atoms with Gasteiger partial charge in [0.05, 0.1) is 18.9 Å². The molecular weight excluding hydrogens is 324 g/mol. The molecule has 0 amide bonds. The van der Waals surface area contributed by atoms with E-state index in [1.165, 1.54) is 18.4 Å². The SMILES string of the molecule is CN(Cc1ncc(Cl)n1C)C[C@@H]1CCCN(C)[C@H]1c1cnn(C)c1. The highest BCUT2D eigenvalue weighted by Gasteiger charge is 2.32. The van der Waals surface area contributed by atoms with E-state index in [0.29, 0.717) is 17.1 Å². The Kier molecular flexibility index (Phi) is 5.27. The Morgan fingerprint density at radius 3 is 2.71 bits per heavy atom. The Bertz CT molecular complexity index is 678. The zero-order valence-electron chi connectivity index (χ0n) is 15.0. The molecule has 0 N–H and O–H groups in total. The molecule has 2 aromatic rings. The van der Waals surface area contributed by atoms with Crippen molar-refractivity contribution in [2.45, 2.75) is 25.4 Å². The fourth-order valence-electron chi connectivity index (χ4n) is 3.85. The lowest BCUT2D eigenvalue weighted by Gasteiger charge is -2.40. The molecule has 132 valence electrons. The van der Waals surface area contributed by atoms with Crippen molar-refractivity contribution in [3.63, 3.8) is 0 Å². The van der Waals surface area contributed by atoms with Gasteiger partial charge in [0.2, 0.25) is 0 Å². The first-order valence-corrected chi connectivity index (χ1v) is 8.87. The van der Waals surface area contributed by atoms with Crippen LogP contribution in [0.3, 0.4) is 0 Å². The number of piperidine rings is 1. The molecule has 1 saturated heterocycles. The summed E-state index contributed by atoms with van der Waals surface area (Å²) in [6, 6.07) is 0.430. The summed E-state index contributed by atoms with van der Waals surface area (Å²) >= 11 is 6.10. The standard InChI is InChI=1S/C17H27ClN6/c1-21(12-16-19-9-15(18)24(16)4)10-13-6-5-7-22(2)17(13)14-8-20-23(3)11-14/h8-9,11,13,17H,5-7,10,12H2,1-4H3/t13-,17+/m0/s1. The molecule has 1 aliphatic rings. The van der Waals surface area contributed by atoms with Gasteiger partial charge in [-0.25, -0.2) is 4.98 Å². The van der Waals surface area contributed by atoms with Gasteiger partial charge in [-0.3, -0.25) is 14.5 Å². The van der Waals surface area contributed by atoms with Crippen molar-refractivity contribution in [2.24, 2.45) is 20.0 Å². The van der Waals surface area contributed by atoms with Gasteiger partial charge in [0.1, 0.15) is 11.0 Å². The molecule has 24 heavy (non-hydrogen) atoms. The molecule has 2 atom stereocenters. The van der Waals surface area contributed by atoms with Gasteiger partial charge >= 0.3 is 0 Å². The Morgan fingerprint density at radius 2 is 2.08 bits per heavy atom. The summed E-state index contributed by atoms with van der Waals surface area (Å²) < 4.78 is 3.85. The summed E-state index contributed by atoms with van der Waals surface area (Å²) in [6.45, 7) is 2.99. The maximum Gasteiger partial charge on any atom is 0.128 e. The molecule has 1 aliphatic heterocycles. The highest BCUT2D eigenvalue weighted by molar-refractivity contribution is 6.29. The van der Waals surface area contributed by atoms with Crippen molar-refractivity contribution in [3.05, 3.63) is 35.1 Å². The lowest BCUT2D eigenvalue weighted by Crippen LogP contribution is -2.41. The van der Waals surface area contributed by atoms with E-state index in [1.54, 1.807) is 6.20 Å². The van der Waals surface area contributed by atoms with E-state index in [2.05, 4.69) is 40.2 Å². The third-order valence-corrected chi connectivity index (χ3v) is 5.41. The van der Waals surface area contributed by atoms with Gasteiger partial charge in [-0.1, -0.05) is 11.6 Å². The third-order valence-electron chi connectivity index (χ3n) is 5.06. The minimum Gasteiger partial charge on any atom is -0.321 e. The van der Waals surface area contributed by atoms with E-state index in [4.69, 9.17) is 11.6 Å². The second-order valence-electron chi connectivity index (χ2n) is 7.03. The highest BCUT2D eigenvalue weighted by Crippen LogP contribution is 2.35. The van der Waals surface area contributed by atoms with Crippen LogP contribution in [0.15, 0.2) is 18.6 Å². The van der Waals surface area contributed by atoms with E-state index in [-0.39, 0.29) is 0 Å². The smallest absolute Gasteiger partial charge is 0.128 e. The fourth-order valence-corrected chi connectivity index (χ4v) is 3.99. The Hall–Kier alpha value is -1.37. The molecule has 1 fully saturated rings. The first-order valence-electron chi connectivity index (χ1n) is 8.49. The normalized spacial score (nSPS) is 22.4. The average Bonchev–Trinajstić information content (AvgIpc) is 3.08. The van der Waals surface area contributed by atoms with Crippen LogP contribution in [0.25, 0.3) is 0 Å². The maximum absolute atomic E-state index is 6.10. The first kappa shape index (κ1) is 17.5. The van der Waals surface area contributed by atoms with Crippen LogP contribution in [0, 0.1) is 5.92 Å². The number of aromatic nitrogens is 4. The highest BCUT2D eigenvalue weighted by atomic mass is 35.5. The number of imidazole rings is 1. The number of aryl methyl sites for hydroxylation is 1. The van der Waals surface area contributed by atoms with Crippen LogP contribution in [0.2, 0.25) is 5.15 Å². The van der Waals surface area contributed by atoms with E-state index >= 15 is 0 Å². The van der Waals surface area contributed by atoms with Gasteiger partial charge < -0.3 is 4.57 Å². The van der Waals surface area contributed by atoms with Gasteiger partial charge in [0.15, 0.2) is 0 Å². The number of halogens is 1. The van der Waals surface area contributed by atoms with Crippen LogP contribution in [0.4, 0.5) is 0 Å². The van der Waals surface area contributed by atoms with Crippen molar-refractivity contribution in [1.82, 2.24) is 29.1 Å². The Morgan fingerprint density at radius 1 is 1.29 bits per heavy atom. The van der Waals surface area contributed by atoms with Crippen LogP contribution in [0.5, 0.6) is 0 Å². The number of hydrogen-bond acceptors (Lipinski definition) is 4. The van der Waals surface area contributed by atoms with E-state index in [0.717, 1.165) is 25.5 Å². The minimum atomic E-state index is 0.430. The summed E-state index contributed by atoms with van der Waals surface area (Å²) in [6.07, 6.45) is 8.38. The molecule has 2 aromatic heterocycles. The first-order chi connectivity index (χ1) is 11.5. The topological polar surface area (TPSA) is 42.1 Å². The van der Waals surface area contributed by atoms with E-state index in [9.17, 15) is 0 Å². The molecule has 3 heterocycles. The predicted octanol–water partition coefficient (Wildman–Crippen LogP) is 2.32. The second-order valence-corrected chi connectivity index (χ2v) is 7.42. The number of rotatable bonds is 5. The van der Waals surface area contributed by atoms with Gasteiger partial charge in [-0.05, 0) is 39.4 Å². The average molecular weight is 351 g/mol. The van der Waals surface area contributed by atoms with Crippen LogP contribution < -0.4 is 0 Å². The predicted molar refractivity (Wildman–Crippen MR) is 95.9 cm³/mol. The van der Waals surface area contributed by atoms with Crippen molar-refractivity contribution < 1.29 is 0 Å². The van der Waals surface area contributed by atoms with Crippen molar-refractivity contribution >= 4 is 11.6 Å². The molecule has 0 unspecified atom stereocenters. The van der Waals surface area contributed by atoms with Crippen molar-refractivity contribution in [2.75, 3.05) is 27.2 Å². The molecule has 7 heteroatoms. The lowest BCUT2D eigenvalue weighted by molar-refractivity contribution is 0.0917. The molecule has 0 saturated carbocycles. The van der Waals surface area contributed by atoms with Crippen molar-refractivity contribution in [1.29, 1.82) is 0 Å². The van der Waals surface area contributed by atoms with Gasteiger partial charge in [0, 0.05) is 38.4 Å². The molecule has 0 aromatic carbocycles. The van der Waals surface area contributed by atoms with Crippen LogP contribution in [0.1, 0.15) is 30.3 Å². The lowest BCUT2D eigenvalue weighted by atomic mass is 9.86. The number of likely N-dealkylation sites (tertiary alicyclic amines) is 1.